The fraction of sp³-hybridized carbons (Fsp3) is 0.417. The molecular weight excluding hydrogens is 450 g/mol. The zero-order chi connectivity index (χ0) is 24.1. The van der Waals surface area contributed by atoms with E-state index in [9.17, 15) is 4.79 Å². The maximum Gasteiger partial charge on any atom is 0.257 e. The van der Waals surface area contributed by atoms with E-state index in [1.807, 2.05) is 18.3 Å². The molecule has 11 heteroatoms. The minimum atomic E-state index is -0.244. The topological polar surface area (TPSA) is 131 Å². The summed E-state index contributed by atoms with van der Waals surface area (Å²) in [6.07, 6.45) is 7.07. The molecule has 0 aromatic carbocycles. The van der Waals surface area contributed by atoms with E-state index < -0.39 is 0 Å². The number of nitrogens with two attached hydrogens (primary N) is 1. The summed E-state index contributed by atoms with van der Waals surface area (Å²) >= 11 is 0. The van der Waals surface area contributed by atoms with Crippen molar-refractivity contribution in [2.24, 2.45) is 0 Å². The third-order valence-electron chi connectivity index (χ3n) is 7.11. The zero-order valence-electron chi connectivity index (χ0n) is 19.5. The second-order valence-electron chi connectivity index (χ2n) is 8.99. The first-order valence-corrected chi connectivity index (χ1v) is 11.6. The van der Waals surface area contributed by atoms with Crippen LogP contribution in [0.1, 0.15) is 29.2 Å². The normalized spacial score (nSPS) is 24.2. The van der Waals surface area contributed by atoms with Gasteiger partial charge in [0.15, 0.2) is 5.65 Å². The van der Waals surface area contributed by atoms with E-state index in [-0.39, 0.29) is 30.2 Å². The number of pyridine rings is 1. The zero-order valence-corrected chi connectivity index (χ0v) is 19.5. The van der Waals surface area contributed by atoms with Crippen molar-refractivity contribution < 1.29 is 19.0 Å². The summed E-state index contributed by atoms with van der Waals surface area (Å²) < 4.78 is 20.2. The number of carbonyl (C=O) groups is 1. The van der Waals surface area contributed by atoms with Gasteiger partial charge in [0.25, 0.3) is 5.91 Å². The Morgan fingerprint density at radius 3 is 2.80 bits per heavy atom. The Bertz CT molecular complexity index is 1360. The number of methoxy groups -OCH3 is 2. The van der Waals surface area contributed by atoms with E-state index in [1.54, 1.807) is 26.5 Å². The van der Waals surface area contributed by atoms with Crippen LogP contribution in [0.25, 0.3) is 28.3 Å². The van der Waals surface area contributed by atoms with Gasteiger partial charge < -0.3 is 29.8 Å². The van der Waals surface area contributed by atoms with Crippen molar-refractivity contribution >= 4 is 17.4 Å². The Kier molecular flexibility index (Phi) is 5.39. The molecule has 0 radical (unpaired) electrons. The highest BCUT2D eigenvalue weighted by Gasteiger charge is 2.34. The highest BCUT2D eigenvalue weighted by molar-refractivity contribution is 6.00. The van der Waals surface area contributed by atoms with Gasteiger partial charge in [-0.3, -0.25) is 4.79 Å². The highest BCUT2D eigenvalue weighted by Crippen LogP contribution is 2.36. The van der Waals surface area contributed by atoms with Gasteiger partial charge in [-0.05, 0) is 25.0 Å². The van der Waals surface area contributed by atoms with Crippen LogP contribution in [0.2, 0.25) is 0 Å². The van der Waals surface area contributed by atoms with Crippen LogP contribution in [0.5, 0.6) is 0 Å². The van der Waals surface area contributed by atoms with Crippen LogP contribution in [-0.2, 0) is 14.2 Å². The van der Waals surface area contributed by atoms with Crippen molar-refractivity contribution in [3.05, 3.63) is 42.4 Å². The van der Waals surface area contributed by atoms with E-state index in [2.05, 4.69) is 15.0 Å². The third kappa shape index (κ3) is 3.54. The number of nitrogen functional groups attached to an aromatic ring is 1. The molecule has 5 heterocycles. The van der Waals surface area contributed by atoms with Gasteiger partial charge in [-0.25, -0.2) is 9.97 Å². The Morgan fingerprint density at radius 1 is 1.17 bits per heavy atom. The van der Waals surface area contributed by atoms with E-state index in [0.29, 0.717) is 35.9 Å². The number of nitrogens with one attached hydrogen (secondary N) is 1. The molecular formula is C24H27N7O4. The van der Waals surface area contributed by atoms with E-state index in [4.69, 9.17) is 29.9 Å². The summed E-state index contributed by atoms with van der Waals surface area (Å²) in [5, 5.41) is 7.31. The van der Waals surface area contributed by atoms with Crippen molar-refractivity contribution in [2.45, 2.75) is 37.1 Å². The van der Waals surface area contributed by atoms with E-state index in [1.165, 1.54) is 10.7 Å². The molecule has 4 aliphatic rings. The molecule has 1 saturated heterocycles. The Hall–Kier alpha value is -3.54. The monoisotopic (exact) mass is 477 g/mol. The molecule has 2 aromatic rings. The number of hydrogen-bond donors (Lipinski definition) is 2. The number of fused-ring (bicyclic) bond motifs is 2. The molecule has 6 rings (SSSR count). The van der Waals surface area contributed by atoms with Crippen molar-refractivity contribution in [3.8, 4) is 22.6 Å². The number of aromatic nitrogens is 5. The fourth-order valence-electron chi connectivity index (χ4n) is 4.98. The van der Waals surface area contributed by atoms with Gasteiger partial charge in [-0.15, -0.1) is 0 Å². The minimum absolute atomic E-state index is 0.0165. The van der Waals surface area contributed by atoms with Crippen LogP contribution in [0.15, 0.2) is 36.8 Å². The quantitative estimate of drug-likeness (QED) is 0.430. The molecule has 3 aliphatic heterocycles. The number of anilines is 1. The second kappa shape index (κ2) is 8.59. The number of nitrogens with zero attached hydrogens (tertiary/aromatic N) is 5. The van der Waals surface area contributed by atoms with E-state index >= 15 is 0 Å². The number of rotatable bonds is 6. The maximum absolute atomic E-state index is 13.0. The summed E-state index contributed by atoms with van der Waals surface area (Å²) in [6, 6.07) is 5.73. The maximum atomic E-state index is 13.0. The molecule has 2 aromatic heterocycles. The van der Waals surface area contributed by atoms with Gasteiger partial charge in [0.1, 0.15) is 23.3 Å². The van der Waals surface area contributed by atoms with Crippen LogP contribution >= 0.6 is 0 Å². The standard InChI is InChI=1S/C24H27N7O4/c1-33-19-6-5-16(19)29-24(32)15-10-27-31-21(25)8-17(28-23(15)31)14-9-26-22-13(14)4-3-7-30(22)18-11-35-12-20(18)34-2/h3-4,7-10,16,18-20H,5-6,11-12,25H2,1-2H3,(H,29,32)/t16?,18-,19-,20-/m1/s1. The molecule has 35 heavy (non-hydrogen) atoms. The van der Waals surface area contributed by atoms with E-state index in [0.717, 1.165) is 29.8 Å². The first kappa shape index (κ1) is 22.0. The van der Waals surface area contributed by atoms with Crippen LogP contribution in [0.4, 0.5) is 5.82 Å². The van der Waals surface area contributed by atoms with Crippen LogP contribution in [0, 0.1) is 0 Å². The van der Waals surface area contributed by atoms with Crippen molar-refractivity contribution in [1.29, 1.82) is 0 Å². The molecule has 2 fully saturated rings. The molecule has 1 unspecified atom stereocenters. The third-order valence-corrected chi connectivity index (χ3v) is 7.11. The van der Waals surface area contributed by atoms with Gasteiger partial charge >= 0.3 is 0 Å². The lowest BCUT2D eigenvalue weighted by Crippen LogP contribution is -2.51. The Morgan fingerprint density at radius 2 is 2.03 bits per heavy atom. The predicted molar refractivity (Wildman–Crippen MR) is 127 cm³/mol. The summed E-state index contributed by atoms with van der Waals surface area (Å²) in [5.74, 6) is 0.942. The smallest absolute Gasteiger partial charge is 0.257 e. The molecule has 182 valence electrons. The van der Waals surface area contributed by atoms with Crippen LogP contribution in [0.3, 0.4) is 0 Å². The van der Waals surface area contributed by atoms with Crippen molar-refractivity contribution in [1.82, 2.24) is 29.5 Å². The number of ether oxygens (including phenoxy) is 3. The Balaban J connectivity index is 1.36. The molecule has 11 nitrogen and oxygen atoms in total. The molecule has 1 aliphatic carbocycles. The largest absolute Gasteiger partial charge is 0.384 e. The first-order valence-electron chi connectivity index (χ1n) is 11.6. The Labute approximate surface area is 201 Å². The van der Waals surface area contributed by atoms with Gasteiger partial charge in [-0.1, -0.05) is 0 Å². The molecule has 0 bridgehead atoms. The summed E-state index contributed by atoms with van der Waals surface area (Å²) in [5.41, 5.74) is 9.45. The van der Waals surface area contributed by atoms with Gasteiger partial charge in [0, 0.05) is 43.8 Å². The molecule has 1 amide bonds. The molecule has 0 spiro atoms. The van der Waals surface area contributed by atoms with Gasteiger partial charge in [0.2, 0.25) is 0 Å². The van der Waals surface area contributed by atoms with Gasteiger partial charge in [0.05, 0.1) is 43.3 Å². The predicted octanol–water partition coefficient (Wildman–Crippen LogP) is 1.77. The fourth-order valence-corrected chi connectivity index (χ4v) is 4.98. The summed E-state index contributed by atoms with van der Waals surface area (Å²) in [6.45, 7) is 1.10. The molecule has 1 saturated carbocycles. The van der Waals surface area contributed by atoms with Crippen molar-refractivity contribution in [2.75, 3.05) is 33.2 Å². The lowest BCUT2D eigenvalue weighted by Gasteiger charge is -2.35. The summed E-state index contributed by atoms with van der Waals surface area (Å²) in [4.78, 5) is 22.5. The summed E-state index contributed by atoms with van der Waals surface area (Å²) in [7, 11) is 3.35. The lowest BCUT2D eigenvalue weighted by atomic mass is 9.89. The second-order valence-corrected chi connectivity index (χ2v) is 8.99. The lowest BCUT2D eigenvalue weighted by molar-refractivity contribution is 0.00732. The minimum Gasteiger partial charge on any atom is -0.384 e. The first-order chi connectivity index (χ1) is 17.1. The number of carbonyl (C=O) groups excluding carboxylic acids is 1. The van der Waals surface area contributed by atoms with Crippen LogP contribution < -0.4 is 11.1 Å². The van der Waals surface area contributed by atoms with Gasteiger partial charge in [-0.2, -0.15) is 9.61 Å². The van der Waals surface area contributed by atoms with Crippen molar-refractivity contribution in [3.63, 3.8) is 0 Å². The SMILES string of the molecule is CO[C@@H]1CCC1NC(=O)c1cnn2c(N)cc(-c3cnc4n([C@@H]5COC[C@H]5OC)cccc3-4)nc12. The average molecular weight is 478 g/mol. The molecule has 3 N–H and O–H groups in total. The highest BCUT2D eigenvalue weighted by atomic mass is 16.5. The average Bonchev–Trinajstić information content (AvgIpc) is 3.59. The van der Waals surface area contributed by atoms with Crippen LogP contribution in [-0.4, -0.2) is 75.7 Å². The molecule has 4 atom stereocenters. The number of hydrogen-bond acceptors (Lipinski definition) is 8. The number of amides is 1.